The van der Waals surface area contributed by atoms with Crippen LogP contribution in [0.25, 0.3) is 0 Å². The summed E-state index contributed by atoms with van der Waals surface area (Å²) in [5.74, 6) is -0.578. The van der Waals surface area contributed by atoms with E-state index in [-0.39, 0.29) is 12.6 Å². The molecule has 0 saturated carbocycles. The van der Waals surface area contributed by atoms with Crippen LogP contribution in [0.15, 0.2) is 0 Å². The van der Waals surface area contributed by atoms with Crippen LogP contribution < -0.4 is 5.73 Å². The molecule has 3 amide bonds. The van der Waals surface area contributed by atoms with Crippen molar-refractivity contribution < 1.29 is 19.5 Å². The zero-order chi connectivity index (χ0) is 14.6. The normalized spacial score (nSPS) is 19.3. The maximum absolute atomic E-state index is 12.4. The van der Waals surface area contributed by atoms with Crippen LogP contribution in [0.1, 0.15) is 13.8 Å². The summed E-state index contributed by atoms with van der Waals surface area (Å²) in [5.41, 5.74) is 5.12. The van der Waals surface area contributed by atoms with Gasteiger partial charge in [0, 0.05) is 24.1 Å². The fourth-order valence-electron chi connectivity index (χ4n) is 1.84. The van der Waals surface area contributed by atoms with Gasteiger partial charge in [0.25, 0.3) is 0 Å². The Labute approximate surface area is 116 Å². The first-order chi connectivity index (χ1) is 8.84. The Morgan fingerprint density at radius 2 is 2.11 bits per heavy atom. The van der Waals surface area contributed by atoms with E-state index in [4.69, 9.17) is 10.8 Å². The van der Waals surface area contributed by atoms with E-state index in [9.17, 15) is 14.4 Å². The smallest absolute Gasteiger partial charge is 0.327 e. The predicted octanol–water partition coefficient (Wildman–Crippen LogP) is -0.196. The third-order valence-electron chi connectivity index (χ3n) is 2.85. The molecular weight excluding hydrogens is 270 g/mol. The number of nitrogens with two attached hydrogens (primary N) is 1. The second-order valence-corrected chi connectivity index (χ2v) is 5.74. The van der Waals surface area contributed by atoms with Crippen molar-refractivity contribution in [1.29, 1.82) is 0 Å². The Morgan fingerprint density at radius 1 is 1.47 bits per heavy atom. The molecule has 108 valence electrons. The molecular formula is C11H19N3O4S. The minimum atomic E-state index is -1.02. The summed E-state index contributed by atoms with van der Waals surface area (Å²) >= 11 is 1.50. The summed E-state index contributed by atoms with van der Waals surface area (Å²) in [6.07, 6.45) is 0. The zero-order valence-corrected chi connectivity index (χ0v) is 11.9. The standard InChI is InChI=1S/C11H19N3O4S/c1-7(2)14(5-9(12)15)11(18)13-3-4-19-6-8(13)10(16)17/h7-8H,3-6H2,1-2H3,(H2,12,15)(H,16,17). The van der Waals surface area contributed by atoms with E-state index in [2.05, 4.69) is 0 Å². The molecule has 7 nitrogen and oxygen atoms in total. The van der Waals surface area contributed by atoms with Gasteiger partial charge < -0.3 is 20.6 Å². The molecule has 1 heterocycles. The molecule has 3 N–H and O–H groups in total. The first-order valence-electron chi connectivity index (χ1n) is 6.00. The predicted molar refractivity (Wildman–Crippen MR) is 71.9 cm³/mol. The van der Waals surface area contributed by atoms with E-state index in [0.29, 0.717) is 18.1 Å². The Bertz CT molecular complexity index is 375. The van der Waals surface area contributed by atoms with Crippen molar-refractivity contribution in [3.8, 4) is 0 Å². The molecule has 0 aliphatic carbocycles. The number of nitrogens with zero attached hydrogens (tertiary/aromatic N) is 2. The molecule has 0 aromatic carbocycles. The average molecular weight is 289 g/mol. The maximum Gasteiger partial charge on any atom is 0.327 e. The number of primary amides is 1. The number of rotatable bonds is 4. The van der Waals surface area contributed by atoms with Gasteiger partial charge in [0.1, 0.15) is 12.6 Å². The Kier molecular flexibility index (Phi) is 5.46. The van der Waals surface area contributed by atoms with E-state index < -0.39 is 23.9 Å². The number of hydrogen-bond donors (Lipinski definition) is 2. The van der Waals surface area contributed by atoms with E-state index in [1.165, 1.54) is 21.6 Å². The summed E-state index contributed by atoms with van der Waals surface area (Å²) in [5, 5.41) is 9.14. The molecule has 19 heavy (non-hydrogen) atoms. The molecule has 0 bridgehead atoms. The molecule has 1 unspecified atom stereocenters. The molecule has 0 spiro atoms. The molecule has 1 rings (SSSR count). The van der Waals surface area contributed by atoms with Gasteiger partial charge in [-0.05, 0) is 13.8 Å². The minimum Gasteiger partial charge on any atom is -0.480 e. The highest BCUT2D eigenvalue weighted by Gasteiger charge is 2.35. The fraction of sp³-hybridized carbons (Fsp3) is 0.727. The second-order valence-electron chi connectivity index (χ2n) is 4.59. The van der Waals surface area contributed by atoms with Gasteiger partial charge in [-0.1, -0.05) is 0 Å². The Morgan fingerprint density at radius 3 is 2.58 bits per heavy atom. The highest BCUT2D eigenvalue weighted by molar-refractivity contribution is 7.99. The van der Waals surface area contributed by atoms with Gasteiger partial charge in [0.2, 0.25) is 5.91 Å². The molecule has 0 aromatic rings. The van der Waals surface area contributed by atoms with Crippen LogP contribution >= 0.6 is 11.8 Å². The monoisotopic (exact) mass is 289 g/mol. The van der Waals surface area contributed by atoms with Crippen LogP contribution in [0, 0.1) is 0 Å². The second kappa shape index (κ2) is 6.65. The highest BCUT2D eigenvalue weighted by atomic mass is 32.2. The zero-order valence-electron chi connectivity index (χ0n) is 11.0. The van der Waals surface area contributed by atoms with E-state index in [1.807, 2.05) is 0 Å². The summed E-state index contributed by atoms with van der Waals surface area (Å²) < 4.78 is 0. The van der Waals surface area contributed by atoms with Crippen LogP contribution in [0.2, 0.25) is 0 Å². The third kappa shape index (κ3) is 4.02. The number of hydrogen-bond acceptors (Lipinski definition) is 4. The SMILES string of the molecule is CC(C)N(CC(N)=O)C(=O)N1CCSCC1C(=O)O. The number of carbonyl (C=O) groups is 3. The van der Waals surface area contributed by atoms with Crippen molar-refractivity contribution in [1.82, 2.24) is 9.80 Å². The van der Waals surface area contributed by atoms with Crippen LogP contribution in [-0.4, -0.2) is 69.5 Å². The molecule has 1 fully saturated rings. The van der Waals surface area contributed by atoms with Gasteiger partial charge in [-0.2, -0.15) is 11.8 Å². The number of urea groups is 1. The van der Waals surface area contributed by atoms with Gasteiger partial charge in [-0.25, -0.2) is 9.59 Å². The van der Waals surface area contributed by atoms with E-state index >= 15 is 0 Å². The van der Waals surface area contributed by atoms with Crippen LogP contribution in [-0.2, 0) is 9.59 Å². The van der Waals surface area contributed by atoms with Crippen molar-refractivity contribution in [3.63, 3.8) is 0 Å². The van der Waals surface area contributed by atoms with Crippen molar-refractivity contribution in [2.45, 2.75) is 25.9 Å². The number of carboxylic acids is 1. The lowest BCUT2D eigenvalue weighted by molar-refractivity contribution is -0.141. The van der Waals surface area contributed by atoms with E-state index in [1.54, 1.807) is 13.8 Å². The lowest BCUT2D eigenvalue weighted by atomic mass is 10.2. The molecule has 1 saturated heterocycles. The van der Waals surface area contributed by atoms with Crippen LogP contribution in [0.3, 0.4) is 0 Å². The van der Waals surface area contributed by atoms with Crippen molar-refractivity contribution in [2.24, 2.45) is 5.73 Å². The van der Waals surface area contributed by atoms with Gasteiger partial charge >= 0.3 is 12.0 Å². The largest absolute Gasteiger partial charge is 0.480 e. The Hall–Kier alpha value is -1.44. The average Bonchev–Trinajstić information content (AvgIpc) is 2.34. The maximum atomic E-state index is 12.4. The number of aliphatic carboxylic acids is 1. The number of carboxylic acid groups (broad SMARTS) is 1. The molecule has 0 aromatic heterocycles. The topological polar surface area (TPSA) is 104 Å². The highest BCUT2D eigenvalue weighted by Crippen LogP contribution is 2.19. The summed E-state index contributed by atoms with van der Waals surface area (Å²) in [6, 6.07) is -1.51. The van der Waals surface area contributed by atoms with Gasteiger partial charge in [0.15, 0.2) is 0 Å². The third-order valence-corrected chi connectivity index (χ3v) is 3.88. The van der Waals surface area contributed by atoms with Crippen molar-refractivity contribution >= 4 is 29.7 Å². The molecule has 1 aliphatic heterocycles. The molecule has 1 atom stereocenters. The first-order valence-corrected chi connectivity index (χ1v) is 7.16. The van der Waals surface area contributed by atoms with E-state index in [0.717, 1.165) is 0 Å². The number of amides is 3. The fourth-order valence-corrected chi connectivity index (χ4v) is 2.88. The summed E-state index contributed by atoms with van der Waals surface area (Å²) in [4.78, 5) is 37.1. The van der Waals surface area contributed by atoms with Crippen LogP contribution in [0.4, 0.5) is 4.79 Å². The van der Waals surface area contributed by atoms with Crippen molar-refractivity contribution in [3.05, 3.63) is 0 Å². The quantitative estimate of drug-likeness (QED) is 0.746. The minimum absolute atomic E-state index is 0.202. The first kappa shape index (κ1) is 15.6. The summed E-state index contributed by atoms with van der Waals surface area (Å²) in [7, 11) is 0. The molecule has 0 radical (unpaired) electrons. The van der Waals surface area contributed by atoms with Gasteiger partial charge in [0.05, 0.1) is 0 Å². The van der Waals surface area contributed by atoms with Crippen molar-refractivity contribution in [2.75, 3.05) is 24.6 Å². The number of carbonyl (C=O) groups excluding carboxylic acids is 2. The molecule has 1 aliphatic rings. The van der Waals surface area contributed by atoms with Gasteiger partial charge in [-0.15, -0.1) is 0 Å². The lowest BCUT2D eigenvalue weighted by Crippen LogP contribution is -2.57. The molecule has 8 heteroatoms. The Balaban J connectivity index is 2.87. The van der Waals surface area contributed by atoms with Crippen LogP contribution in [0.5, 0.6) is 0 Å². The number of thioether (sulfide) groups is 1. The summed E-state index contributed by atoms with van der Waals surface area (Å²) in [6.45, 7) is 3.68. The lowest BCUT2D eigenvalue weighted by Gasteiger charge is -2.37. The van der Waals surface area contributed by atoms with Gasteiger partial charge in [-0.3, -0.25) is 4.79 Å².